The van der Waals surface area contributed by atoms with Crippen LogP contribution in [0.3, 0.4) is 0 Å². The number of hydrogen-bond acceptors (Lipinski definition) is 5. The molecule has 1 amide bonds. The number of nitrogens with zero attached hydrogens (tertiary/aromatic N) is 3. The highest BCUT2D eigenvalue weighted by atomic mass is 35.5. The fraction of sp³-hybridized carbons (Fsp3) is 0.474. The highest BCUT2D eigenvalue weighted by Crippen LogP contribution is 2.31. The van der Waals surface area contributed by atoms with E-state index in [0.29, 0.717) is 6.54 Å². The van der Waals surface area contributed by atoms with Crippen molar-refractivity contribution in [3.63, 3.8) is 0 Å². The maximum atomic E-state index is 13.1. The summed E-state index contributed by atoms with van der Waals surface area (Å²) in [5.74, 6) is 0.0407. The Morgan fingerprint density at radius 1 is 1.29 bits per heavy atom. The Kier molecular flexibility index (Phi) is 6.90. The Morgan fingerprint density at radius 3 is 2.46 bits per heavy atom. The summed E-state index contributed by atoms with van der Waals surface area (Å²) in [5.41, 5.74) is 1.97. The predicted octanol–water partition coefficient (Wildman–Crippen LogP) is 1.77. The van der Waals surface area contributed by atoms with E-state index in [1.165, 1.54) is 6.26 Å². The van der Waals surface area contributed by atoms with Gasteiger partial charge in [0.1, 0.15) is 0 Å². The van der Waals surface area contributed by atoms with Crippen LogP contribution < -0.4 is 5.32 Å². The van der Waals surface area contributed by atoms with Crippen molar-refractivity contribution in [2.45, 2.75) is 23.8 Å². The molecule has 1 aliphatic rings. The van der Waals surface area contributed by atoms with Crippen molar-refractivity contribution in [3.8, 4) is 0 Å². The molecule has 0 aliphatic carbocycles. The Labute approximate surface area is 172 Å². The molecule has 0 bridgehead atoms. The molecule has 1 N–H and O–H groups in total. The fourth-order valence-corrected chi connectivity index (χ4v) is 4.22. The van der Waals surface area contributed by atoms with Gasteiger partial charge < -0.3 is 10.2 Å². The van der Waals surface area contributed by atoms with E-state index >= 15 is 0 Å². The molecule has 0 radical (unpaired) electrons. The molecular formula is C19H27ClN4O3S. The first-order chi connectivity index (χ1) is 12.7. The molecule has 2 heterocycles. The molecule has 28 heavy (non-hydrogen) atoms. The second-order valence-corrected chi connectivity index (χ2v) is 9.30. The lowest BCUT2D eigenvalue weighted by Crippen LogP contribution is -2.37. The highest BCUT2D eigenvalue weighted by molar-refractivity contribution is 7.90. The molecule has 1 unspecified atom stereocenters. The van der Waals surface area contributed by atoms with Crippen LogP contribution in [0.5, 0.6) is 0 Å². The van der Waals surface area contributed by atoms with E-state index in [2.05, 4.69) is 10.4 Å². The molecular weight excluding hydrogens is 400 g/mol. The molecule has 3 rings (SSSR count). The number of aryl methyl sites for hydroxylation is 1. The predicted molar refractivity (Wildman–Crippen MR) is 110 cm³/mol. The number of benzene rings is 1. The number of nitrogens with one attached hydrogen (secondary N) is 1. The van der Waals surface area contributed by atoms with E-state index < -0.39 is 9.84 Å². The fourth-order valence-electron chi connectivity index (χ4n) is 3.59. The summed E-state index contributed by atoms with van der Waals surface area (Å²) < 4.78 is 25.0. The minimum atomic E-state index is -3.23. The minimum absolute atomic E-state index is 0. The van der Waals surface area contributed by atoms with Crippen LogP contribution in [0.25, 0.3) is 0 Å². The third kappa shape index (κ3) is 4.56. The molecule has 3 atom stereocenters. The summed E-state index contributed by atoms with van der Waals surface area (Å²) in [6.45, 7) is 3.35. The third-order valence-electron chi connectivity index (χ3n) is 5.40. The van der Waals surface area contributed by atoms with Gasteiger partial charge in [-0.25, -0.2) is 8.42 Å². The third-order valence-corrected chi connectivity index (χ3v) is 6.53. The first-order valence-electron chi connectivity index (χ1n) is 8.94. The molecule has 154 valence electrons. The van der Waals surface area contributed by atoms with Gasteiger partial charge in [0.15, 0.2) is 9.84 Å². The number of carbonyl (C=O) groups excluding carboxylic acids is 1. The molecule has 2 aromatic rings. The van der Waals surface area contributed by atoms with Crippen molar-refractivity contribution in [1.29, 1.82) is 0 Å². The zero-order chi connectivity index (χ0) is 19.8. The molecule has 1 fully saturated rings. The Morgan fingerprint density at radius 2 is 1.93 bits per heavy atom. The van der Waals surface area contributed by atoms with Gasteiger partial charge in [-0.15, -0.1) is 12.4 Å². The standard InChI is InChI=1S/C19H26N4O3S.ClH/c1-13(14-5-7-16(8-6-14)27(4,25)26)23(3)19(24)18-11-20-10-17(18)15-9-21-22(2)12-15;/h5-9,12-13,17-18,20H,10-11H2,1-4H3;1H/t13?,17-,18+;/m1./s1. The topological polar surface area (TPSA) is 84.3 Å². The smallest absolute Gasteiger partial charge is 0.227 e. The van der Waals surface area contributed by atoms with Crippen LogP contribution in [0.15, 0.2) is 41.6 Å². The summed E-state index contributed by atoms with van der Waals surface area (Å²) >= 11 is 0. The molecule has 1 aliphatic heterocycles. The van der Waals surface area contributed by atoms with Crippen LogP contribution >= 0.6 is 12.4 Å². The van der Waals surface area contributed by atoms with Crippen molar-refractivity contribution in [2.75, 3.05) is 26.4 Å². The van der Waals surface area contributed by atoms with Crippen molar-refractivity contribution in [3.05, 3.63) is 47.8 Å². The lowest BCUT2D eigenvalue weighted by Gasteiger charge is -2.29. The van der Waals surface area contributed by atoms with Crippen molar-refractivity contribution >= 4 is 28.2 Å². The van der Waals surface area contributed by atoms with Gasteiger partial charge in [-0.05, 0) is 30.2 Å². The molecule has 1 saturated heterocycles. The Balaban J connectivity index is 0.00000280. The normalized spacial score (nSPS) is 20.4. The Bertz CT molecular complexity index is 927. The van der Waals surface area contributed by atoms with Crippen LogP contribution in [-0.2, 0) is 21.7 Å². The highest BCUT2D eigenvalue weighted by Gasteiger charge is 2.37. The second-order valence-electron chi connectivity index (χ2n) is 7.28. The van der Waals surface area contributed by atoms with E-state index in [1.54, 1.807) is 40.9 Å². The van der Waals surface area contributed by atoms with Gasteiger partial charge in [0.2, 0.25) is 5.91 Å². The number of aromatic nitrogens is 2. The van der Waals surface area contributed by atoms with Crippen molar-refractivity contribution in [2.24, 2.45) is 13.0 Å². The van der Waals surface area contributed by atoms with E-state index in [0.717, 1.165) is 17.7 Å². The lowest BCUT2D eigenvalue weighted by atomic mass is 9.89. The minimum Gasteiger partial charge on any atom is -0.339 e. The van der Waals surface area contributed by atoms with Crippen molar-refractivity contribution < 1.29 is 13.2 Å². The summed E-state index contributed by atoms with van der Waals surface area (Å²) in [7, 11) is 0.446. The zero-order valence-electron chi connectivity index (χ0n) is 16.5. The first kappa shape index (κ1) is 22.4. The van der Waals surface area contributed by atoms with Gasteiger partial charge in [0.05, 0.1) is 23.1 Å². The number of sulfone groups is 1. The average molecular weight is 427 g/mol. The maximum absolute atomic E-state index is 13.1. The number of halogens is 1. The SMILES string of the molecule is CC(c1ccc(S(C)(=O)=O)cc1)N(C)C(=O)[C@H]1CNC[C@@H]1c1cnn(C)c1.Cl. The number of carbonyl (C=O) groups is 1. The van der Waals surface area contributed by atoms with E-state index in [9.17, 15) is 13.2 Å². The van der Waals surface area contributed by atoms with Gasteiger partial charge in [0.25, 0.3) is 0 Å². The van der Waals surface area contributed by atoms with Crippen LogP contribution in [0.1, 0.15) is 30.0 Å². The largest absolute Gasteiger partial charge is 0.339 e. The first-order valence-corrected chi connectivity index (χ1v) is 10.8. The van der Waals surface area contributed by atoms with Gasteiger partial charge in [-0.3, -0.25) is 9.48 Å². The molecule has 1 aromatic heterocycles. The number of hydrogen-bond donors (Lipinski definition) is 1. The van der Waals surface area contributed by atoms with Crippen LogP contribution in [0, 0.1) is 5.92 Å². The molecule has 7 nitrogen and oxygen atoms in total. The summed E-state index contributed by atoms with van der Waals surface area (Å²) in [4.78, 5) is 15.2. The monoisotopic (exact) mass is 426 g/mol. The van der Waals surface area contributed by atoms with Gasteiger partial charge in [-0.1, -0.05) is 12.1 Å². The van der Waals surface area contributed by atoms with Gasteiger partial charge >= 0.3 is 0 Å². The number of amides is 1. The molecule has 1 aromatic carbocycles. The quantitative estimate of drug-likeness (QED) is 0.787. The molecule has 9 heteroatoms. The summed E-state index contributed by atoms with van der Waals surface area (Å²) in [6, 6.07) is 6.58. The van der Waals surface area contributed by atoms with Crippen LogP contribution in [-0.4, -0.2) is 55.4 Å². The Hall–Kier alpha value is -1.90. The lowest BCUT2D eigenvalue weighted by molar-refractivity contribution is -0.136. The van der Waals surface area contributed by atoms with E-state index in [-0.39, 0.29) is 41.1 Å². The zero-order valence-corrected chi connectivity index (χ0v) is 18.1. The van der Waals surface area contributed by atoms with E-state index in [4.69, 9.17) is 0 Å². The van der Waals surface area contributed by atoms with Crippen LogP contribution in [0.2, 0.25) is 0 Å². The van der Waals surface area contributed by atoms with Gasteiger partial charge in [-0.2, -0.15) is 5.10 Å². The second kappa shape index (κ2) is 8.63. The van der Waals surface area contributed by atoms with Crippen LogP contribution in [0.4, 0.5) is 0 Å². The average Bonchev–Trinajstić information content (AvgIpc) is 3.27. The summed E-state index contributed by atoms with van der Waals surface area (Å²) in [5, 5.41) is 7.54. The van der Waals surface area contributed by atoms with E-state index in [1.807, 2.05) is 26.4 Å². The molecule has 0 saturated carbocycles. The van der Waals surface area contributed by atoms with Crippen molar-refractivity contribution in [1.82, 2.24) is 20.0 Å². The summed E-state index contributed by atoms with van der Waals surface area (Å²) in [6.07, 6.45) is 4.98. The number of rotatable bonds is 5. The van der Waals surface area contributed by atoms with Gasteiger partial charge in [0, 0.05) is 45.6 Å². The molecule has 0 spiro atoms. The maximum Gasteiger partial charge on any atom is 0.227 e.